The molecule has 0 fully saturated rings. The smallest absolute Gasteiger partial charge is 0.194 e. The summed E-state index contributed by atoms with van der Waals surface area (Å²) in [6.07, 6.45) is -1.03. The molecule has 0 aliphatic rings. The fourth-order valence-electron chi connectivity index (χ4n) is 1.06. The van der Waals surface area contributed by atoms with Gasteiger partial charge in [0.05, 0.1) is 12.1 Å². The van der Waals surface area contributed by atoms with E-state index in [0.29, 0.717) is 0 Å². The second-order valence-electron chi connectivity index (χ2n) is 3.03. The van der Waals surface area contributed by atoms with Gasteiger partial charge in [0.25, 0.3) is 0 Å². The third-order valence-corrected chi connectivity index (χ3v) is 1.94. The topological polar surface area (TPSA) is 46.2 Å². The molecule has 0 radical (unpaired) electrons. The van der Waals surface area contributed by atoms with Gasteiger partial charge >= 0.3 is 0 Å². The van der Waals surface area contributed by atoms with Crippen LogP contribution in [0, 0.1) is 17.5 Å². The van der Waals surface area contributed by atoms with Gasteiger partial charge in [0.1, 0.15) is 0 Å². The highest BCUT2D eigenvalue weighted by Crippen LogP contribution is 2.21. The number of aliphatic hydroxyl groups excluding tert-OH is 1. The molecule has 0 amide bonds. The second kappa shape index (κ2) is 3.98. The molecule has 0 spiro atoms. The van der Waals surface area contributed by atoms with Crippen molar-refractivity contribution in [3.63, 3.8) is 0 Å². The van der Waals surface area contributed by atoms with Crippen LogP contribution in [-0.4, -0.2) is 11.2 Å². The first-order valence-corrected chi connectivity index (χ1v) is 4.02. The van der Waals surface area contributed by atoms with Crippen LogP contribution in [0.3, 0.4) is 0 Å². The highest BCUT2D eigenvalue weighted by Gasteiger charge is 2.20. The Morgan fingerprint density at radius 3 is 2.29 bits per heavy atom. The van der Waals surface area contributed by atoms with E-state index in [4.69, 9.17) is 10.8 Å². The molecule has 2 nitrogen and oxygen atoms in total. The summed E-state index contributed by atoms with van der Waals surface area (Å²) in [5.41, 5.74) is 5.14. The molecule has 14 heavy (non-hydrogen) atoms. The van der Waals surface area contributed by atoms with Gasteiger partial charge in [-0.15, -0.1) is 0 Å². The van der Waals surface area contributed by atoms with Crippen LogP contribution in [0.4, 0.5) is 13.2 Å². The second-order valence-corrected chi connectivity index (χ2v) is 3.03. The highest BCUT2D eigenvalue weighted by atomic mass is 19.2. The van der Waals surface area contributed by atoms with Gasteiger partial charge in [-0.3, -0.25) is 0 Å². The Morgan fingerprint density at radius 1 is 1.21 bits per heavy atom. The van der Waals surface area contributed by atoms with Gasteiger partial charge < -0.3 is 10.8 Å². The summed E-state index contributed by atoms with van der Waals surface area (Å²) >= 11 is 0. The third-order valence-electron chi connectivity index (χ3n) is 1.94. The number of aliphatic hydroxyl groups is 1. The number of hydrogen-bond acceptors (Lipinski definition) is 2. The van der Waals surface area contributed by atoms with Crippen molar-refractivity contribution in [2.24, 2.45) is 5.73 Å². The molecule has 2 atom stereocenters. The van der Waals surface area contributed by atoms with Crippen molar-refractivity contribution in [1.82, 2.24) is 0 Å². The summed E-state index contributed by atoms with van der Waals surface area (Å²) in [6.45, 7) is 1.34. The van der Waals surface area contributed by atoms with Crippen LogP contribution in [0.2, 0.25) is 0 Å². The minimum Gasteiger partial charge on any atom is -0.391 e. The molecule has 0 unspecified atom stereocenters. The SMILES string of the molecule is C[C@H](O)[C@H](N)c1ccc(F)c(F)c1F. The summed E-state index contributed by atoms with van der Waals surface area (Å²) in [7, 11) is 0. The zero-order valence-corrected chi connectivity index (χ0v) is 7.47. The molecule has 78 valence electrons. The van der Waals surface area contributed by atoms with Crippen LogP contribution >= 0.6 is 0 Å². The van der Waals surface area contributed by atoms with Crippen LogP contribution < -0.4 is 5.73 Å². The predicted molar refractivity (Wildman–Crippen MR) is 44.9 cm³/mol. The van der Waals surface area contributed by atoms with Gasteiger partial charge in [-0.1, -0.05) is 6.07 Å². The van der Waals surface area contributed by atoms with E-state index in [9.17, 15) is 13.2 Å². The van der Waals surface area contributed by atoms with E-state index in [1.807, 2.05) is 0 Å². The number of nitrogens with two attached hydrogens (primary N) is 1. The molecule has 0 aromatic heterocycles. The Kier molecular flexibility index (Phi) is 3.13. The van der Waals surface area contributed by atoms with Crippen molar-refractivity contribution in [3.05, 3.63) is 35.1 Å². The lowest BCUT2D eigenvalue weighted by Gasteiger charge is -2.15. The fourth-order valence-corrected chi connectivity index (χ4v) is 1.06. The lowest BCUT2D eigenvalue weighted by Crippen LogP contribution is -2.24. The van der Waals surface area contributed by atoms with Crippen molar-refractivity contribution < 1.29 is 18.3 Å². The predicted octanol–water partition coefficient (Wildman–Crippen LogP) is 1.48. The molecule has 0 saturated heterocycles. The van der Waals surface area contributed by atoms with Crippen LogP contribution in [0.25, 0.3) is 0 Å². The average Bonchev–Trinajstić information content (AvgIpc) is 2.13. The van der Waals surface area contributed by atoms with Crippen LogP contribution in [0.5, 0.6) is 0 Å². The average molecular weight is 205 g/mol. The molecule has 0 heterocycles. The summed E-state index contributed by atoms with van der Waals surface area (Å²) in [5.74, 6) is -4.19. The molecule has 1 aromatic rings. The van der Waals surface area contributed by atoms with Crippen molar-refractivity contribution >= 4 is 0 Å². The molecule has 0 saturated carbocycles. The van der Waals surface area contributed by atoms with Crippen LogP contribution in [0.1, 0.15) is 18.5 Å². The number of rotatable bonds is 2. The van der Waals surface area contributed by atoms with E-state index < -0.39 is 29.6 Å². The van der Waals surface area contributed by atoms with E-state index in [-0.39, 0.29) is 5.56 Å². The van der Waals surface area contributed by atoms with E-state index in [2.05, 4.69) is 0 Å². The van der Waals surface area contributed by atoms with Crippen molar-refractivity contribution in [1.29, 1.82) is 0 Å². The maximum absolute atomic E-state index is 13.1. The first-order valence-electron chi connectivity index (χ1n) is 4.02. The van der Waals surface area contributed by atoms with Crippen molar-refractivity contribution in [2.75, 3.05) is 0 Å². The lowest BCUT2D eigenvalue weighted by atomic mass is 10.0. The summed E-state index contributed by atoms with van der Waals surface area (Å²) in [4.78, 5) is 0. The molecule has 1 rings (SSSR count). The van der Waals surface area contributed by atoms with Crippen LogP contribution in [0.15, 0.2) is 12.1 Å². The van der Waals surface area contributed by atoms with Gasteiger partial charge in [0.15, 0.2) is 17.5 Å². The van der Waals surface area contributed by atoms with E-state index in [1.165, 1.54) is 6.92 Å². The summed E-state index contributed by atoms with van der Waals surface area (Å²) in [5, 5.41) is 9.05. The molecular formula is C9H10F3NO. The number of halogens is 3. The Hall–Kier alpha value is -1.07. The van der Waals surface area contributed by atoms with Gasteiger partial charge in [-0.25, -0.2) is 13.2 Å². The molecule has 0 aliphatic heterocycles. The van der Waals surface area contributed by atoms with E-state index in [1.54, 1.807) is 0 Å². The quantitative estimate of drug-likeness (QED) is 0.718. The minimum absolute atomic E-state index is 0.237. The van der Waals surface area contributed by atoms with E-state index >= 15 is 0 Å². The first kappa shape index (κ1) is 11.0. The molecule has 5 heteroatoms. The number of hydrogen-bond donors (Lipinski definition) is 2. The Morgan fingerprint density at radius 2 is 1.79 bits per heavy atom. The summed E-state index contributed by atoms with van der Waals surface area (Å²) < 4.78 is 38.3. The Bertz CT molecular complexity index is 341. The maximum atomic E-state index is 13.1. The lowest BCUT2D eigenvalue weighted by molar-refractivity contribution is 0.162. The van der Waals surface area contributed by atoms with Gasteiger partial charge in [0.2, 0.25) is 0 Å². The molecule has 1 aromatic carbocycles. The largest absolute Gasteiger partial charge is 0.391 e. The Balaban J connectivity index is 3.17. The van der Waals surface area contributed by atoms with Crippen molar-refractivity contribution in [2.45, 2.75) is 19.1 Å². The molecule has 3 N–H and O–H groups in total. The summed E-state index contributed by atoms with van der Waals surface area (Å²) in [6, 6.07) is 0.728. The monoisotopic (exact) mass is 205 g/mol. The van der Waals surface area contributed by atoms with Crippen LogP contribution in [-0.2, 0) is 0 Å². The fraction of sp³-hybridized carbons (Fsp3) is 0.333. The minimum atomic E-state index is -1.57. The molecular weight excluding hydrogens is 195 g/mol. The van der Waals surface area contributed by atoms with Gasteiger partial charge in [-0.2, -0.15) is 0 Å². The molecule has 0 aliphatic carbocycles. The van der Waals surface area contributed by atoms with Gasteiger partial charge in [-0.05, 0) is 13.0 Å². The zero-order chi connectivity index (χ0) is 10.9. The van der Waals surface area contributed by atoms with Gasteiger partial charge in [0, 0.05) is 5.56 Å². The number of benzene rings is 1. The molecule has 0 bridgehead atoms. The normalized spacial score (nSPS) is 15.3. The maximum Gasteiger partial charge on any atom is 0.194 e. The van der Waals surface area contributed by atoms with Crippen molar-refractivity contribution in [3.8, 4) is 0 Å². The van der Waals surface area contributed by atoms with E-state index in [0.717, 1.165) is 12.1 Å². The third kappa shape index (κ3) is 1.88. The Labute approximate surface area is 79.2 Å². The highest BCUT2D eigenvalue weighted by molar-refractivity contribution is 5.24. The zero-order valence-electron chi connectivity index (χ0n) is 7.47. The first-order chi connectivity index (χ1) is 6.45. The standard InChI is InChI=1S/C9H10F3NO/c1-4(14)9(13)5-2-3-6(10)8(12)7(5)11/h2-4,9,14H,13H2,1H3/t4-,9-/m0/s1.